The lowest BCUT2D eigenvalue weighted by molar-refractivity contribution is -0.121. The third-order valence-corrected chi connectivity index (χ3v) is 6.66. The lowest BCUT2D eigenvalue weighted by Gasteiger charge is -2.36. The lowest BCUT2D eigenvalue weighted by atomic mass is 9.91. The molecule has 2 aromatic heterocycles. The first-order valence-electron chi connectivity index (χ1n) is 9.33. The Morgan fingerprint density at radius 3 is 2.57 bits per heavy atom. The van der Waals surface area contributed by atoms with Gasteiger partial charge in [-0.15, -0.1) is 0 Å². The summed E-state index contributed by atoms with van der Waals surface area (Å²) >= 11 is 6.45. The maximum atomic E-state index is 13.3. The van der Waals surface area contributed by atoms with Gasteiger partial charge in [-0.2, -0.15) is 0 Å². The highest BCUT2D eigenvalue weighted by Gasteiger charge is 2.31. The van der Waals surface area contributed by atoms with Crippen LogP contribution in [0.15, 0.2) is 34.1 Å². The van der Waals surface area contributed by atoms with Crippen LogP contribution in [0.1, 0.15) is 25.8 Å². The number of thioether (sulfide) groups is 1. The second kappa shape index (κ2) is 7.33. The number of hydrogen-bond donors (Lipinski definition) is 0. The Bertz CT molecular complexity index is 1050. The standard InChI is InChI=1S/C20H22N4O2S2/c1-12-8-13(2)11-23(10-12)17-14(9-15-19(26)22(3)20(27)28-15)18(25)24-7-5-4-6-16(24)21-17/h4-7,9,12-13H,8,10-11H2,1-3H3/b15-9+/t12-,13-/m0/s1. The molecule has 2 aliphatic heterocycles. The fourth-order valence-electron chi connectivity index (χ4n) is 3.97. The normalized spacial score (nSPS) is 24.6. The van der Waals surface area contributed by atoms with Gasteiger partial charge in [-0.05, 0) is 36.5 Å². The molecule has 28 heavy (non-hydrogen) atoms. The van der Waals surface area contributed by atoms with Gasteiger partial charge in [0.05, 0.1) is 10.5 Å². The van der Waals surface area contributed by atoms with Crippen molar-refractivity contribution in [2.45, 2.75) is 20.3 Å². The minimum absolute atomic E-state index is 0.173. The minimum Gasteiger partial charge on any atom is -0.355 e. The summed E-state index contributed by atoms with van der Waals surface area (Å²) in [5.74, 6) is 1.50. The Labute approximate surface area is 173 Å². The van der Waals surface area contributed by atoms with Gasteiger partial charge in [0.15, 0.2) is 0 Å². The van der Waals surface area contributed by atoms with E-state index in [1.54, 1.807) is 25.4 Å². The fourth-order valence-corrected chi connectivity index (χ4v) is 5.13. The summed E-state index contributed by atoms with van der Waals surface area (Å²) in [5, 5.41) is 0. The molecule has 0 radical (unpaired) electrons. The van der Waals surface area contributed by atoms with E-state index in [4.69, 9.17) is 17.2 Å². The molecule has 146 valence electrons. The third-order valence-electron chi connectivity index (χ3n) is 5.18. The van der Waals surface area contributed by atoms with Gasteiger partial charge in [0, 0.05) is 26.3 Å². The van der Waals surface area contributed by atoms with Crippen LogP contribution < -0.4 is 10.5 Å². The van der Waals surface area contributed by atoms with Crippen LogP contribution in [-0.4, -0.2) is 44.6 Å². The maximum Gasteiger partial charge on any atom is 0.267 e. The van der Waals surface area contributed by atoms with Crippen molar-refractivity contribution in [2.24, 2.45) is 11.8 Å². The lowest BCUT2D eigenvalue weighted by Crippen LogP contribution is -2.40. The molecule has 0 saturated carbocycles. The van der Waals surface area contributed by atoms with E-state index < -0.39 is 0 Å². The van der Waals surface area contributed by atoms with Crippen molar-refractivity contribution in [3.63, 3.8) is 0 Å². The largest absolute Gasteiger partial charge is 0.355 e. The highest BCUT2D eigenvalue weighted by Crippen LogP contribution is 2.33. The predicted octanol–water partition coefficient (Wildman–Crippen LogP) is 3.01. The van der Waals surface area contributed by atoms with Crippen LogP contribution >= 0.6 is 24.0 Å². The zero-order valence-electron chi connectivity index (χ0n) is 16.1. The monoisotopic (exact) mass is 414 g/mol. The number of likely N-dealkylation sites (N-methyl/N-ethyl adjacent to an activating group) is 1. The third kappa shape index (κ3) is 3.35. The van der Waals surface area contributed by atoms with E-state index in [0.29, 0.717) is 38.1 Å². The summed E-state index contributed by atoms with van der Waals surface area (Å²) in [4.78, 5) is 34.7. The summed E-state index contributed by atoms with van der Waals surface area (Å²) in [5.41, 5.74) is 0.875. The quantitative estimate of drug-likeness (QED) is 0.556. The fraction of sp³-hybridized carbons (Fsp3) is 0.400. The Morgan fingerprint density at radius 1 is 1.21 bits per heavy atom. The van der Waals surface area contributed by atoms with E-state index in [1.165, 1.54) is 21.1 Å². The van der Waals surface area contributed by atoms with Crippen molar-refractivity contribution in [2.75, 3.05) is 25.0 Å². The van der Waals surface area contributed by atoms with E-state index in [2.05, 4.69) is 18.7 Å². The van der Waals surface area contributed by atoms with Gasteiger partial charge in [0.25, 0.3) is 11.5 Å². The number of hydrogen-bond acceptors (Lipinski definition) is 6. The van der Waals surface area contributed by atoms with Crippen molar-refractivity contribution in [1.82, 2.24) is 14.3 Å². The zero-order chi connectivity index (χ0) is 20.0. The summed E-state index contributed by atoms with van der Waals surface area (Å²) in [7, 11) is 1.65. The summed E-state index contributed by atoms with van der Waals surface area (Å²) in [6.45, 7) is 6.13. The molecular weight excluding hydrogens is 392 g/mol. The first kappa shape index (κ1) is 19.1. The SMILES string of the molecule is C[C@H]1C[C@H](C)CN(c2nc3ccccn3c(=O)c2/C=C2/SC(=S)N(C)C2=O)C1. The van der Waals surface area contributed by atoms with E-state index in [1.807, 2.05) is 12.1 Å². The van der Waals surface area contributed by atoms with Gasteiger partial charge in [0.1, 0.15) is 15.8 Å². The molecule has 4 rings (SSSR count). The number of nitrogens with zero attached hydrogens (tertiary/aromatic N) is 4. The average molecular weight is 415 g/mol. The van der Waals surface area contributed by atoms with Crippen LogP contribution in [0, 0.1) is 11.8 Å². The molecule has 8 heteroatoms. The molecule has 0 unspecified atom stereocenters. The maximum absolute atomic E-state index is 13.3. The van der Waals surface area contributed by atoms with Gasteiger partial charge in [-0.3, -0.25) is 18.9 Å². The number of aromatic nitrogens is 2. The number of piperidine rings is 1. The number of fused-ring (bicyclic) bond motifs is 1. The Hall–Kier alpha value is -2.19. The van der Waals surface area contributed by atoms with Gasteiger partial charge in [-0.1, -0.05) is 43.9 Å². The highest BCUT2D eigenvalue weighted by molar-refractivity contribution is 8.26. The highest BCUT2D eigenvalue weighted by atomic mass is 32.2. The van der Waals surface area contributed by atoms with Crippen molar-refractivity contribution >= 4 is 51.7 Å². The molecule has 2 aromatic rings. The molecule has 2 aliphatic rings. The first-order chi connectivity index (χ1) is 13.3. The number of pyridine rings is 1. The number of anilines is 1. The Balaban J connectivity index is 1.91. The van der Waals surface area contributed by atoms with Crippen molar-refractivity contribution in [3.8, 4) is 0 Å². The van der Waals surface area contributed by atoms with Gasteiger partial charge < -0.3 is 4.90 Å². The minimum atomic E-state index is -0.182. The van der Waals surface area contributed by atoms with Crippen LogP contribution in [0.3, 0.4) is 0 Å². The first-order valence-corrected chi connectivity index (χ1v) is 10.6. The molecule has 1 amide bonds. The molecule has 2 fully saturated rings. The van der Waals surface area contributed by atoms with Gasteiger partial charge >= 0.3 is 0 Å². The van der Waals surface area contributed by atoms with E-state index in [0.717, 1.165) is 19.5 Å². The molecule has 4 heterocycles. The topological polar surface area (TPSA) is 57.9 Å². The summed E-state index contributed by atoms with van der Waals surface area (Å²) in [6.07, 6.45) is 4.53. The molecule has 2 saturated heterocycles. The van der Waals surface area contributed by atoms with E-state index in [-0.39, 0.29) is 11.5 Å². The Morgan fingerprint density at radius 2 is 1.93 bits per heavy atom. The van der Waals surface area contributed by atoms with Gasteiger partial charge in [-0.25, -0.2) is 4.98 Å². The number of rotatable bonds is 2. The molecule has 6 nitrogen and oxygen atoms in total. The van der Waals surface area contributed by atoms with Crippen LogP contribution in [0.5, 0.6) is 0 Å². The smallest absolute Gasteiger partial charge is 0.267 e. The van der Waals surface area contributed by atoms with E-state index >= 15 is 0 Å². The van der Waals surface area contributed by atoms with Crippen molar-refractivity contribution in [1.29, 1.82) is 0 Å². The second-order valence-electron chi connectivity index (χ2n) is 7.67. The second-order valence-corrected chi connectivity index (χ2v) is 9.35. The molecule has 0 aromatic carbocycles. The molecular formula is C20H22N4O2S2. The molecule has 0 spiro atoms. The molecule has 2 atom stereocenters. The average Bonchev–Trinajstić information content (AvgIpc) is 2.90. The van der Waals surface area contributed by atoms with Crippen molar-refractivity contribution in [3.05, 3.63) is 45.2 Å². The number of amides is 1. The molecule has 0 N–H and O–H groups in total. The summed E-state index contributed by atoms with van der Waals surface area (Å²) < 4.78 is 2.02. The van der Waals surface area contributed by atoms with Gasteiger partial charge in [0.2, 0.25) is 0 Å². The van der Waals surface area contributed by atoms with Crippen molar-refractivity contribution < 1.29 is 4.79 Å². The summed E-state index contributed by atoms with van der Waals surface area (Å²) in [6, 6.07) is 5.50. The number of carbonyl (C=O) groups is 1. The molecule has 0 aliphatic carbocycles. The van der Waals surface area contributed by atoms with E-state index in [9.17, 15) is 9.59 Å². The van der Waals surface area contributed by atoms with Crippen LogP contribution in [0.4, 0.5) is 5.82 Å². The number of carbonyl (C=O) groups excluding carboxylic acids is 1. The zero-order valence-corrected chi connectivity index (χ0v) is 17.7. The van der Waals surface area contributed by atoms with Crippen LogP contribution in [0.25, 0.3) is 11.7 Å². The predicted molar refractivity (Wildman–Crippen MR) is 118 cm³/mol. The number of thiocarbonyl (C=S) groups is 1. The molecule has 0 bridgehead atoms. The Kier molecular flexibility index (Phi) is 5.01. The van der Waals surface area contributed by atoms with Crippen LogP contribution in [0.2, 0.25) is 0 Å². The van der Waals surface area contributed by atoms with Crippen LogP contribution in [-0.2, 0) is 4.79 Å².